The van der Waals surface area contributed by atoms with E-state index in [0.29, 0.717) is 23.7 Å². The number of carbonyl (C=O) groups excluding carboxylic acids is 2. The Morgan fingerprint density at radius 1 is 1.23 bits per heavy atom. The van der Waals surface area contributed by atoms with Crippen LogP contribution in [0.5, 0.6) is 5.75 Å². The molecule has 1 amide bonds. The molecule has 0 radical (unpaired) electrons. The van der Waals surface area contributed by atoms with Crippen LogP contribution >= 0.6 is 11.3 Å². The molecule has 1 aliphatic carbocycles. The van der Waals surface area contributed by atoms with Crippen LogP contribution in [0.3, 0.4) is 0 Å². The van der Waals surface area contributed by atoms with Crippen molar-refractivity contribution >= 4 is 39.1 Å². The largest absolute Gasteiger partial charge is 0.488 e. The summed E-state index contributed by atoms with van der Waals surface area (Å²) in [7, 11) is 0. The van der Waals surface area contributed by atoms with Gasteiger partial charge in [0.15, 0.2) is 10.9 Å². The monoisotopic (exact) mass is 367 g/mol. The van der Waals surface area contributed by atoms with Crippen LogP contribution in [0, 0.1) is 5.92 Å². The lowest BCUT2D eigenvalue weighted by Gasteiger charge is -2.34. The van der Waals surface area contributed by atoms with Crippen LogP contribution < -0.4 is 10.1 Å². The number of hydrogen-bond acceptors (Lipinski definition) is 6. The summed E-state index contributed by atoms with van der Waals surface area (Å²) < 4.78 is 6.03. The van der Waals surface area contributed by atoms with Crippen molar-refractivity contribution in [1.82, 2.24) is 9.97 Å². The first kappa shape index (κ1) is 16.7. The summed E-state index contributed by atoms with van der Waals surface area (Å²) in [5, 5.41) is 5.92. The summed E-state index contributed by atoms with van der Waals surface area (Å²) in [5.74, 6) is 0.457. The highest BCUT2D eigenvalue weighted by atomic mass is 32.1. The number of Topliss-reactive ketones (excluding diaryl/α,β-unsaturated/α-hetero) is 1. The Hall–Kier alpha value is -2.80. The van der Waals surface area contributed by atoms with Gasteiger partial charge < -0.3 is 10.1 Å². The first-order chi connectivity index (χ1) is 12.6. The third-order valence-electron chi connectivity index (χ3n) is 4.45. The molecule has 0 saturated heterocycles. The van der Waals surface area contributed by atoms with Gasteiger partial charge in [0.2, 0.25) is 5.91 Å². The van der Waals surface area contributed by atoms with Crippen LogP contribution in [0.1, 0.15) is 30.3 Å². The van der Waals surface area contributed by atoms with Gasteiger partial charge in [0, 0.05) is 29.8 Å². The summed E-state index contributed by atoms with van der Waals surface area (Å²) in [5.41, 5.74) is 1.21. The van der Waals surface area contributed by atoms with E-state index in [1.807, 2.05) is 30.3 Å². The van der Waals surface area contributed by atoms with E-state index < -0.39 is 0 Å². The second-order valence-corrected chi connectivity index (χ2v) is 7.18. The predicted molar refractivity (Wildman–Crippen MR) is 99.6 cm³/mol. The number of nitrogens with zero attached hydrogens (tertiary/aromatic N) is 2. The number of ketones is 1. The second kappa shape index (κ2) is 6.84. The van der Waals surface area contributed by atoms with Crippen LogP contribution in [0.25, 0.3) is 10.9 Å². The molecule has 132 valence electrons. The Bertz CT molecular complexity index is 974. The van der Waals surface area contributed by atoms with Crippen molar-refractivity contribution in [2.75, 3.05) is 5.32 Å². The molecular weight excluding hydrogens is 350 g/mol. The highest BCUT2D eigenvalue weighted by molar-refractivity contribution is 7.14. The number of rotatable bonds is 5. The van der Waals surface area contributed by atoms with Crippen LogP contribution in [0.2, 0.25) is 0 Å². The number of aromatic nitrogens is 2. The highest BCUT2D eigenvalue weighted by Crippen LogP contribution is 2.34. The smallest absolute Gasteiger partial charge is 0.229 e. The van der Waals surface area contributed by atoms with Crippen molar-refractivity contribution in [2.24, 2.45) is 5.92 Å². The minimum atomic E-state index is -0.109. The van der Waals surface area contributed by atoms with Crippen molar-refractivity contribution in [3.63, 3.8) is 0 Å². The van der Waals surface area contributed by atoms with Gasteiger partial charge >= 0.3 is 0 Å². The maximum absolute atomic E-state index is 12.3. The lowest BCUT2D eigenvalue weighted by molar-refractivity contribution is -0.125. The van der Waals surface area contributed by atoms with E-state index in [1.165, 1.54) is 18.3 Å². The van der Waals surface area contributed by atoms with Crippen molar-refractivity contribution in [3.05, 3.63) is 47.6 Å². The molecule has 1 aromatic carbocycles. The zero-order chi connectivity index (χ0) is 18.1. The summed E-state index contributed by atoms with van der Waals surface area (Å²) >= 11 is 1.26. The topological polar surface area (TPSA) is 81.2 Å². The number of nitrogens with one attached hydrogen (secondary N) is 1. The van der Waals surface area contributed by atoms with Crippen molar-refractivity contribution in [3.8, 4) is 5.75 Å². The Morgan fingerprint density at radius 3 is 2.81 bits per heavy atom. The van der Waals surface area contributed by atoms with Crippen molar-refractivity contribution in [1.29, 1.82) is 0 Å². The molecule has 0 aliphatic heterocycles. The molecule has 1 saturated carbocycles. The molecule has 1 aliphatic rings. The molecule has 0 spiro atoms. The lowest BCUT2D eigenvalue weighted by Crippen LogP contribution is -2.40. The SMILES string of the molecule is CC(=O)c1csc(NC(=O)[C@H]2C[C@H](Oc3cccc4cccnc34)C2)n1. The Kier molecular flexibility index (Phi) is 4.38. The maximum Gasteiger partial charge on any atom is 0.229 e. The highest BCUT2D eigenvalue weighted by Gasteiger charge is 2.36. The fourth-order valence-corrected chi connectivity index (χ4v) is 3.68. The number of carbonyl (C=O) groups is 2. The third kappa shape index (κ3) is 3.30. The van der Waals surface area contributed by atoms with Gasteiger partial charge in [-0.25, -0.2) is 4.98 Å². The Morgan fingerprint density at radius 2 is 2.04 bits per heavy atom. The van der Waals surface area contributed by atoms with Gasteiger partial charge in [0.1, 0.15) is 23.1 Å². The number of para-hydroxylation sites is 1. The molecule has 2 heterocycles. The molecular formula is C19H17N3O3S. The number of amides is 1. The zero-order valence-corrected chi connectivity index (χ0v) is 15.0. The zero-order valence-electron chi connectivity index (χ0n) is 14.1. The van der Waals surface area contributed by atoms with Gasteiger partial charge in [-0.15, -0.1) is 11.3 Å². The van der Waals surface area contributed by atoms with E-state index in [9.17, 15) is 9.59 Å². The first-order valence-corrected chi connectivity index (χ1v) is 9.26. The second-order valence-electron chi connectivity index (χ2n) is 6.32. The summed E-state index contributed by atoms with van der Waals surface area (Å²) in [4.78, 5) is 32.0. The van der Waals surface area contributed by atoms with Crippen molar-refractivity contribution < 1.29 is 14.3 Å². The summed E-state index contributed by atoms with van der Waals surface area (Å²) in [6.45, 7) is 1.46. The lowest BCUT2D eigenvalue weighted by atomic mass is 9.81. The van der Waals surface area contributed by atoms with Gasteiger partial charge in [-0.1, -0.05) is 18.2 Å². The normalized spacial score (nSPS) is 19.0. The number of pyridine rings is 1. The van der Waals surface area contributed by atoms with Gasteiger partial charge in [0.25, 0.3) is 0 Å². The van der Waals surface area contributed by atoms with Crippen LogP contribution in [-0.2, 0) is 4.79 Å². The molecule has 7 heteroatoms. The van der Waals surface area contributed by atoms with Gasteiger partial charge in [-0.05, 0) is 25.0 Å². The Labute approximate surface area is 154 Å². The van der Waals surface area contributed by atoms with Crippen LogP contribution in [0.15, 0.2) is 41.9 Å². The molecule has 4 rings (SSSR count). The fraction of sp³-hybridized carbons (Fsp3) is 0.263. The number of anilines is 1. The average molecular weight is 367 g/mol. The molecule has 0 atom stereocenters. The van der Waals surface area contributed by atoms with E-state index in [-0.39, 0.29) is 23.7 Å². The number of fused-ring (bicyclic) bond motifs is 1. The molecule has 1 fully saturated rings. The number of benzene rings is 1. The molecule has 2 aromatic heterocycles. The van der Waals surface area contributed by atoms with E-state index in [0.717, 1.165) is 16.7 Å². The molecule has 0 bridgehead atoms. The van der Waals surface area contributed by atoms with Crippen LogP contribution in [-0.4, -0.2) is 27.8 Å². The summed E-state index contributed by atoms with van der Waals surface area (Å²) in [6.07, 6.45) is 3.05. The Balaban J connectivity index is 1.34. The predicted octanol–water partition coefficient (Wildman–Crippen LogP) is 3.69. The third-order valence-corrected chi connectivity index (χ3v) is 5.21. The van der Waals surface area contributed by atoms with Gasteiger partial charge in [-0.3, -0.25) is 14.6 Å². The number of ether oxygens (including phenoxy) is 1. The quantitative estimate of drug-likeness (QED) is 0.696. The molecule has 6 nitrogen and oxygen atoms in total. The van der Waals surface area contributed by atoms with Gasteiger partial charge in [-0.2, -0.15) is 0 Å². The minimum absolute atomic E-state index is 0.00225. The standard InChI is InChI=1S/C19H17N3O3S/c1-11(23)15-10-26-19(21-15)22-18(24)13-8-14(9-13)25-16-6-2-4-12-5-3-7-20-17(12)16/h2-7,10,13-14H,8-9H2,1H3,(H,21,22,24)/t13-,14-. The van der Waals surface area contributed by atoms with Gasteiger partial charge in [0.05, 0.1) is 0 Å². The van der Waals surface area contributed by atoms with E-state index in [2.05, 4.69) is 15.3 Å². The fourth-order valence-electron chi connectivity index (χ4n) is 2.93. The first-order valence-electron chi connectivity index (χ1n) is 8.38. The number of thiazole rings is 1. The average Bonchev–Trinajstić information content (AvgIpc) is 3.06. The van der Waals surface area contributed by atoms with E-state index in [4.69, 9.17) is 4.74 Å². The van der Waals surface area contributed by atoms with E-state index in [1.54, 1.807) is 11.6 Å². The molecule has 3 aromatic rings. The van der Waals surface area contributed by atoms with Crippen molar-refractivity contribution in [2.45, 2.75) is 25.9 Å². The molecule has 26 heavy (non-hydrogen) atoms. The van der Waals surface area contributed by atoms with E-state index >= 15 is 0 Å². The number of hydrogen-bond donors (Lipinski definition) is 1. The minimum Gasteiger partial charge on any atom is -0.488 e. The molecule has 1 N–H and O–H groups in total. The summed E-state index contributed by atoms with van der Waals surface area (Å²) in [6, 6.07) is 9.73. The molecule has 0 unspecified atom stereocenters. The van der Waals surface area contributed by atoms with Crippen LogP contribution in [0.4, 0.5) is 5.13 Å². The maximum atomic E-state index is 12.3.